The number of aromatic amines is 1. The molecule has 3 aliphatic heterocycles. The van der Waals surface area contributed by atoms with E-state index >= 15 is 13.2 Å². The standard InChI is InChI=1S/C43H47F4N9O4/c44-32-22-30(50-34-11-13-37(57)53-41(34)60)10-12-35(32)56-20-16-36(43(46,47)24-56)55-18-14-29(15-19-55)51-39(58)25-6-8-28(9-7-25)52-42-49-23-33(45)38(54-42)27-4-1-3-26(21-27)31-5-2-17-48-40(31)59/h1-5,10,12,17,21-23,25,28-29,34,36,50H,6-9,11,13-16,18-20,24H2,(H,48,59)(H,51,58)(H,49,52,54)(H,53,57,60)/t25-,28-,34?,36?. The topological polar surface area (TPSA) is 164 Å². The lowest BCUT2D eigenvalue weighted by Crippen LogP contribution is -2.61. The first kappa shape index (κ1) is 40.9. The Labute approximate surface area is 343 Å². The first-order valence-corrected chi connectivity index (χ1v) is 20.5. The second-order valence-electron chi connectivity index (χ2n) is 16.2. The van der Waals surface area contributed by atoms with Gasteiger partial charge in [-0.15, -0.1) is 0 Å². The van der Waals surface area contributed by atoms with Crippen molar-refractivity contribution in [2.75, 3.05) is 41.7 Å². The molecule has 17 heteroatoms. The smallest absolute Gasteiger partial charge is 0.280 e. The second-order valence-corrected chi connectivity index (χ2v) is 16.2. The maximum Gasteiger partial charge on any atom is 0.280 e. The lowest BCUT2D eigenvalue weighted by Gasteiger charge is -2.46. The number of nitrogens with one attached hydrogen (secondary N) is 5. The molecule has 4 aromatic rings. The molecule has 2 unspecified atom stereocenters. The number of H-pyrrole nitrogens is 1. The maximum atomic E-state index is 15.7. The predicted octanol–water partition coefficient (Wildman–Crippen LogP) is 5.46. The highest BCUT2D eigenvalue weighted by molar-refractivity contribution is 6.01. The SMILES string of the molecule is O=C1CCC(Nc2ccc(N3CCC(N4CCC(NC(=O)[C@H]5CC[C@H](Nc6ncc(F)c(-c7cccc(-c8ccc[nH]c8=O)c7)n6)CC5)CC4)C(F)(F)C3)c(F)c2)C(=O)N1. The van der Waals surface area contributed by atoms with Crippen LogP contribution in [0.2, 0.25) is 0 Å². The number of amides is 3. The average Bonchev–Trinajstić information content (AvgIpc) is 3.23. The Bertz CT molecular complexity index is 2290. The number of carbonyl (C=O) groups is 3. The van der Waals surface area contributed by atoms with E-state index in [2.05, 4.69) is 36.2 Å². The molecule has 1 saturated carbocycles. The number of aromatic nitrogens is 3. The van der Waals surface area contributed by atoms with Gasteiger partial charge in [0.2, 0.25) is 23.7 Å². The summed E-state index contributed by atoms with van der Waals surface area (Å²) < 4.78 is 61.6. The Morgan fingerprint density at radius 3 is 2.33 bits per heavy atom. The van der Waals surface area contributed by atoms with Crippen molar-refractivity contribution < 1.29 is 31.9 Å². The number of anilines is 3. The average molecular weight is 830 g/mol. The van der Waals surface area contributed by atoms with Crippen molar-refractivity contribution in [2.45, 2.75) is 87.9 Å². The van der Waals surface area contributed by atoms with Crippen molar-refractivity contribution in [3.8, 4) is 22.4 Å². The Hall–Kier alpha value is -5.84. The minimum atomic E-state index is -3.10. The summed E-state index contributed by atoms with van der Waals surface area (Å²) in [5, 5.41) is 11.6. The molecule has 0 spiro atoms. The number of nitrogens with zero attached hydrogens (tertiary/aromatic N) is 4. The summed E-state index contributed by atoms with van der Waals surface area (Å²) in [6, 6.07) is 12.7. The van der Waals surface area contributed by atoms with Gasteiger partial charge in [0.25, 0.3) is 11.5 Å². The van der Waals surface area contributed by atoms with Crippen LogP contribution >= 0.6 is 0 Å². The van der Waals surface area contributed by atoms with Gasteiger partial charge in [-0.1, -0.05) is 18.2 Å². The molecule has 5 N–H and O–H groups in total. The molecule has 4 fully saturated rings. The van der Waals surface area contributed by atoms with Crippen LogP contribution in [-0.4, -0.2) is 93.8 Å². The number of halogens is 4. The molecule has 2 aromatic carbocycles. The van der Waals surface area contributed by atoms with E-state index in [0.717, 1.165) is 6.20 Å². The van der Waals surface area contributed by atoms with E-state index in [-0.39, 0.29) is 78.5 Å². The third-order valence-corrected chi connectivity index (χ3v) is 12.2. The molecule has 1 aliphatic carbocycles. The van der Waals surface area contributed by atoms with E-state index in [4.69, 9.17) is 0 Å². The van der Waals surface area contributed by atoms with Crippen LogP contribution in [0.1, 0.15) is 57.8 Å². The highest BCUT2D eigenvalue weighted by atomic mass is 19.3. The molecule has 60 heavy (non-hydrogen) atoms. The van der Waals surface area contributed by atoms with Crippen LogP contribution < -0.4 is 31.7 Å². The lowest BCUT2D eigenvalue weighted by atomic mass is 9.85. The molecule has 13 nitrogen and oxygen atoms in total. The van der Waals surface area contributed by atoms with Crippen molar-refractivity contribution in [1.82, 2.24) is 30.5 Å². The van der Waals surface area contributed by atoms with Crippen molar-refractivity contribution >= 4 is 35.0 Å². The molecule has 316 valence electrons. The molecule has 0 radical (unpaired) electrons. The number of likely N-dealkylation sites (tertiary alicyclic amines) is 1. The predicted molar refractivity (Wildman–Crippen MR) is 217 cm³/mol. The quantitative estimate of drug-likeness (QED) is 0.103. The monoisotopic (exact) mass is 829 g/mol. The van der Waals surface area contributed by atoms with Gasteiger partial charge in [-0.05, 0) is 93.3 Å². The molecule has 0 bridgehead atoms. The van der Waals surface area contributed by atoms with Gasteiger partial charge < -0.3 is 25.8 Å². The summed E-state index contributed by atoms with van der Waals surface area (Å²) in [6.07, 6.45) is 6.97. The molecule has 2 aromatic heterocycles. The first-order valence-electron chi connectivity index (χ1n) is 20.5. The molecule has 3 saturated heterocycles. The molecule has 2 atom stereocenters. The van der Waals surface area contributed by atoms with Gasteiger partial charge in [0, 0.05) is 67.1 Å². The highest BCUT2D eigenvalue weighted by Gasteiger charge is 2.48. The molecule has 8 rings (SSSR count). The summed E-state index contributed by atoms with van der Waals surface area (Å²) in [7, 11) is 0. The Balaban J connectivity index is 0.785. The number of hydrogen-bond donors (Lipinski definition) is 5. The number of pyridine rings is 1. The second kappa shape index (κ2) is 17.4. The fraction of sp³-hybridized carbons (Fsp3) is 0.442. The van der Waals surface area contributed by atoms with Gasteiger partial charge >= 0.3 is 0 Å². The summed E-state index contributed by atoms with van der Waals surface area (Å²) in [6.45, 7) is 0.422. The number of carbonyl (C=O) groups excluding carboxylic acids is 3. The summed E-state index contributed by atoms with van der Waals surface area (Å²) >= 11 is 0. The van der Waals surface area contributed by atoms with E-state index in [9.17, 15) is 23.6 Å². The zero-order valence-corrected chi connectivity index (χ0v) is 32.9. The summed E-state index contributed by atoms with van der Waals surface area (Å²) in [4.78, 5) is 63.6. The normalized spacial score (nSPS) is 23.8. The number of alkyl halides is 2. The number of benzene rings is 2. The molecular formula is C43H47F4N9O4. The van der Waals surface area contributed by atoms with Crippen molar-refractivity contribution in [3.63, 3.8) is 0 Å². The van der Waals surface area contributed by atoms with E-state index in [1.807, 2.05) is 0 Å². The Morgan fingerprint density at radius 2 is 1.60 bits per heavy atom. The summed E-state index contributed by atoms with van der Waals surface area (Å²) in [5.41, 5.74) is 1.83. The van der Waals surface area contributed by atoms with Crippen LogP contribution in [-0.2, 0) is 14.4 Å². The van der Waals surface area contributed by atoms with Crippen molar-refractivity contribution in [1.29, 1.82) is 0 Å². The van der Waals surface area contributed by atoms with Gasteiger partial charge in [-0.25, -0.2) is 27.5 Å². The maximum absolute atomic E-state index is 15.7. The number of piperidine rings is 3. The molecular weight excluding hydrogens is 783 g/mol. The van der Waals surface area contributed by atoms with Crippen LogP contribution in [0.4, 0.5) is 34.9 Å². The van der Waals surface area contributed by atoms with Crippen LogP contribution in [0.3, 0.4) is 0 Å². The van der Waals surface area contributed by atoms with Crippen LogP contribution in [0.25, 0.3) is 22.4 Å². The van der Waals surface area contributed by atoms with Gasteiger partial charge in [0.15, 0.2) is 5.82 Å². The van der Waals surface area contributed by atoms with E-state index in [0.29, 0.717) is 74.0 Å². The van der Waals surface area contributed by atoms with E-state index in [1.54, 1.807) is 53.6 Å². The van der Waals surface area contributed by atoms with Gasteiger partial charge in [-0.3, -0.25) is 29.4 Å². The van der Waals surface area contributed by atoms with Gasteiger partial charge in [0.1, 0.15) is 17.6 Å². The molecule has 4 aliphatic rings. The number of hydrogen-bond acceptors (Lipinski definition) is 10. The minimum Gasteiger partial charge on any atom is -0.374 e. The van der Waals surface area contributed by atoms with Gasteiger partial charge in [-0.2, -0.15) is 0 Å². The van der Waals surface area contributed by atoms with Crippen molar-refractivity contribution in [2.24, 2.45) is 5.92 Å². The van der Waals surface area contributed by atoms with Gasteiger partial charge in [0.05, 0.1) is 24.5 Å². The van der Waals surface area contributed by atoms with E-state index in [1.165, 1.54) is 17.0 Å². The number of imide groups is 1. The third-order valence-electron chi connectivity index (χ3n) is 12.2. The fourth-order valence-corrected chi connectivity index (χ4v) is 8.95. The van der Waals surface area contributed by atoms with Crippen molar-refractivity contribution in [3.05, 3.63) is 89.0 Å². The molecule has 3 amide bonds. The zero-order chi connectivity index (χ0) is 42.0. The highest BCUT2D eigenvalue weighted by Crippen LogP contribution is 2.37. The first-order chi connectivity index (χ1) is 28.9. The molecule has 5 heterocycles. The van der Waals surface area contributed by atoms with Crippen LogP contribution in [0, 0.1) is 17.6 Å². The Morgan fingerprint density at radius 1 is 0.817 bits per heavy atom. The summed E-state index contributed by atoms with van der Waals surface area (Å²) in [5.74, 6) is -5.18. The lowest BCUT2D eigenvalue weighted by molar-refractivity contribution is -0.133. The zero-order valence-electron chi connectivity index (χ0n) is 32.9. The number of rotatable bonds is 10. The van der Waals surface area contributed by atoms with Crippen LogP contribution in [0.5, 0.6) is 0 Å². The third kappa shape index (κ3) is 9.15. The van der Waals surface area contributed by atoms with Crippen LogP contribution in [0.15, 0.2) is 71.8 Å². The van der Waals surface area contributed by atoms with E-state index < -0.39 is 42.1 Å². The minimum absolute atomic E-state index is 0.0178. The fourth-order valence-electron chi connectivity index (χ4n) is 8.95. The largest absolute Gasteiger partial charge is 0.374 e. The Kier molecular flexibility index (Phi) is 11.9.